The van der Waals surface area contributed by atoms with Crippen LogP contribution in [0.1, 0.15) is 28.8 Å². The van der Waals surface area contributed by atoms with E-state index in [2.05, 4.69) is 21.4 Å². The molecular weight excluding hydrogens is 456 g/mol. The highest BCUT2D eigenvalue weighted by Gasteiger charge is 2.21. The third kappa shape index (κ3) is 6.32. The number of carbonyl (C=O) groups excluding carboxylic acids is 1. The molecule has 3 rings (SSSR count). The predicted molar refractivity (Wildman–Crippen MR) is 126 cm³/mol. The van der Waals surface area contributed by atoms with Gasteiger partial charge >= 0.3 is 11.9 Å². The highest BCUT2D eigenvalue weighted by molar-refractivity contribution is 5.97. The van der Waals surface area contributed by atoms with E-state index in [-0.39, 0.29) is 36.6 Å². The van der Waals surface area contributed by atoms with Crippen LogP contribution in [0.4, 0.5) is 11.6 Å². The van der Waals surface area contributed by atoms with E-state index in [0.29, 0.717) is 16.6 Å². The van der Waals surface area contributed by atoms with Gasteiger partial charge in [0.25, 0.3) is 11.5 Å². The summed E-state index contributed by atoms with van der Waals surface area (Å²) in [6, 6.07) is 12.0. The van der Waals surface area contributed by atoms with Gasteiger partial charge in [-0.15, -0.1) is 0 Å². The summed E-state index contributed by atoms with van der Waals surface area (Å²) >= 11 is 0. The molecule has 0 spiro atoms. The van der Waals surface area contributed by atoms with Crippen LogP contribution in [0.3, 0.4) is 0 Å². The van der Waals surface area contributed by atoms with Crippen LogP contribution in [-0.2, 0) is 16.1 Å². The van der Waals surface area contributed by atoms with E-state index in [0.717, 1.165) is 5.56 Å². The Kier molecular flexibility index (Phi) is 7.63. The molecule has 2 aromatic carbocycles. The number of nitrogens with two attached hydrogens (primary N) is 1. The maximum atomic E-state index is 12.4. The van der Waals surface area contributed by atoms with Crippen LogP contribution in [0, 0.1) is 11.3 Å². The molecule has 1 aromatic heterocycles. The van der Waals surface area contributed by atoms with E-state index in [1.807, 2.05) is 0 Å². The number of nitriles is 1. The number of H-pyrrole nitrogens is 1. The van der Waals surface area contributed by atoms with Crippen molar-refractivity contribution in [1.29, 1.82) is 5.26 Å². The van der Waals surface area contributed by atoms with Crippen LogP contribution in [0.5, 0.6) is 0 Å². The van der Waals surface area contributed by atoms with Gasteiger partial charge in [-0.1, -0.05) is 6.07 Å². The van der Waals surface area contributed by atoms with E-state index >= 15 is 0 Å². The Hall–Kier alpha value is -4.92. The molecule has 1 amide bonds. The third-order valence-electron chi connectivity index (χ3n) is 5.17. The van der Waals surface area contributed by atoms with Crippen molar-refractivity contribution >= 4 is 40.4 Å². The lowest BCUT2D eigenvalue weighted by atomic mass is 10.1. The Balaban J connectivity index is 1.76. The summed E-state index contributed by atoms with van der Waals surface area (Å²) in [5.41, 5.74) is 7.18. The van der Waals surface area contributed by atoms with Crippen LogP contribution in [0.2, 0.25) is 0 Å². The molecule has 0 unspecified atom stereocenters. The minimum absolute atomic E-state index is 0.0158. The average molecular weight is 478 g/mol. The zero-order chi connectivity index (χ0) is 25.5. The molecule has 3 aromatic rings. The molecule has 0 bridgehead atoms. The third-order valence-corrected chi connectivity index (χ3v) is 5.17. The monoisotopic (exact) mass is 478 g/mol. The summed E-state index contributed by atoms with van der Waals surface area (Å²) in [5.74, 6) is -3.14. The maximum Gasteiger partial charge on any atom is 0.326 e. The molecule has 1 heterocycles. The number of nitrogens with zero attached hydrogens (tertiary/aromatic N) is 3. The van der Waals surface area contributed by atoms with Gasteiger partial charge in [0.05, 0.1) is 17.0 Å². The van der Waals surface area contributed by atoms with Gasteiger partial charge < -0.3 is 26.2 Å². The van der Waals surface area contributed by atoms with Crippen molar-refractivity contribution in [3.05, 3.63) is 63.9 Å². The summed E-state index contributed by atoms with van der Waals surface area (Å²) in [5, 5.41) is 29.9. The number of aromatic nitrogens is 2. The highest BCUT2D eigenvalue weighted by atomic mass is 16.4. The van der Waals surface area contributed by atoms with Gasteiger partial charge in [0, 0.05) is 24.2 Å². The van der Waals surface area contributed by atoms with Gasteiger partial charge in [-0.25, -0.2) is 9.78 Å². The highest BCUT2D eigenvalue weighted by Crippen LogP contribution is 2.20. The van der Waals surface area contributed by atoms with Crippen molar-refractivity contribution in [2.24, 2.45) is 0 Å². The molecule has 0 aliphatic rings. The average Bonchev–Trinajstić information content (AvgIpc) is 2.81. The number of carbonyl (C=O) groups is 3. The van der Waals surface area contributed by atoms with Crippen molar-refractivity contribution < 1.29 is 24.6 Å². The minimum atomic E-state index is -1.34. The zero-order valence-electron chi connectivity index (χ0n) is 18.4. The van der Waals surface area contributed by atoms with Crippen molar-refractivity contribution in [3.8, 4) is 6.07 Å². The first-order valence-corrected chi connectivity index (χ1v) is 10.4. The molecule has 0 fully saturated rings. The zero-order valence-corrected chi connectivity index (χ0v) is 18.4. The standard InChI is InChI=1S/C23H22N6O6/c24-9-10-29(12-13-1-6-17-16(11-13)21(33)28-23(25)27-17)15-4-2-14(3-5-15)20(32)26-18(22(34)35)7-8-19(30)31/h1-6,11,18H,7-8,10,12H2,(H,26,32)(H,30,31)(H,34,35)(H3,25,27,28,33)/t18-/m0/s1. The number of rotatable bonds is 10. The number of benzene rings is 2. The first kappa shape index (κ1) is 24.7. The molecule has 0 saturated carbocycles. The molecular formula is C23H22N6O6. The summed E-state index contributed by atoms with van der Waals surface area (Å²) in [6.45, 7) is 0.311. The van der Waals surface area contributed by atoms with Crippen LogP contribution >= 0.6 is 0 Å². The Morgan fingerprint density at radius 3 is 2.51 bits per heavy atom. The Morgan fingerprint density at radius 2 is 1.89 bits per heavy atom. The summed E-state index contributed by atoms with van der Waals surface area (Å²) in [4.78, 5) is 54.9. The first-order valence-electron chi connectivity index (χ1n) is 10.4. The van der Waals surface area contributed by atoms with Crippen LogP contribution in [-0.4, -0.2) is 50.6 Å². The number of carboxylic acids is 2. The van der Waals surface area contributed by atoms with Gasteiger partial charge in [0.2, 0.25) is 5.95 Å². The predicted octanol–water partition coefficient (Wildman–Crippen LogP) is 1.08. The van der Waals surface area contributed by atoms with Gasteiger partial charge in [0.1, 0.15) is 12.6 Å². The number of carboxylic acid groups (broad SMARTS) is 2. The summed E-state index contributed by atoms with van der Waals surface area (Å²) in [7, 11) is 0. The molecule has 1 atom stereocenters. The van der Waals surface area contributed by atoms with Crippen LogP contribution < -0.4 is 21.5 Å². The molecule has 6 N–H and O–H groups in total. The lowest BCUT2D eigenvalue weighted by Gasteiger charge is -2.22. The molecule has 0 saturated heterocycles. The van der Waals surface area contributed by atoms with Crippen molar-refractivity contribution in [2.75, 3.05) is 17.2 Å². The second-order valence-corrected chi connectivity index (χ2v) is 7.66. The number of anilines is 2. The molecule has 0 radical (unpaired) electrons. The Morgan fingerprint density at radius 1 is 1.17 bits per heavy atom. The van der Waals surface area contributed by atoms with Gasteiger partial charge in [-0.05, 0) is 48.4 Å². The summed E-state index contributed by atoms with van der Waals surface area (Å²) < 4.78 is 0. The van der Waals surface area contributed by atoms with Crippen molar-refractivity contribution in [2.45, 2.75) is 25.4 Å². The topological polar surface area (TPSA) is 202 Å². The van der Waals surface area contributed by atoms with Gasteiger partial charge in [0.15, 0.2) is 0 Å². The lowest BCUT2D eigenvalue weighted by Crippen LogP contribution is -2.41. The number of fused-ring (bicyclic) bond motifs is 1. The minimum Gasteiger partial charge on any atom is -0.481 e. The second kappa shape index (κ2) is 10.8. The van der Waals surface area contributed by atoms with Gasteiger partial charge in [-0.2, -0.15) is 5.26 Å². The van der Waals surface area contributed by atoms with E-state index in [1.54, 1.807) is 35.2 Å². The quantitative estimate of drug-likeness (QED) is 0.262. The molecule has 35 heavy (non-hydrogen) atoms. The smallest absolute Gasteiger partial charge is 0.326 e. The number of nitrogens with one attached hydrogen (secondary N) is 2. The first-order chi connectivity index (χ1) is 16.7. The molecule has 180 valence electrons. The molecule has 0 aliphatic carbocycles. The Labute approximate surface area is 198 Å². The fourth-order valence-corrected chi connectivity index (χ4v) is 3.44. The fraction of sp³-hybridized carbons (Fsp3) is 0.217. The number of hydrogen-bond acceptors (Lipinski definition) is 8. The van der Waals surface area contributed by atoms with E-state index in [1.165, 1.54) is 12.1 Å². The number of hydrogen-bond donors (Lipinski definition) is 5. The van der Waals surface area contributed by atoms with Crippen LogP contribution in [0.15, 0.2) is 47.3 Å². The van der Waals surface area contributed by atoms with Crippen molar-refractivity contribution in [3.63, 3.8) is 0 Å². The maximum absolute atomic E-state index is 12.4. The number of amides is 1. The summed E-state index contributed by atoms with van der Waals surface area (Å²) in [6.07, 6.45) is -0.648. The number of aliphatic carboxylic acids is 2. The van der Waals surface area contributed by atoms with Crippen LogP contribution in [0.25, 0.3) is 10.9 Å². The van der Waals surface area contributed by atoms with E-state index < -0.39 is 30.3 Å². The van der Waals surface area contributed by atoms with Gasteiger partial charge in [-0.3, -0.25) is 19.4 Å². The van der Waals surface area contributed by atoms with Crippen molar-refractivity contribution in [1.82, 2.24) is 15.3 Å². The second-order valence-electron chi connectivity index (χ2n) is 7.66. The van der Waals surface area contributed by atoms with E-state index in [4.69, 9.17) is 10.8 Å². The lowest BCUT2D eigenvalue weighted by molar-refractivity contribution is -0.140. The molecule has 0 aliphatic heterocycles. The SMILES string of the molecule is N#CCN(Cc1ccc2nc(N)[nH]c(=O)c2c1)c1ccc(C(=O)N[C@@H](CCC(=O)O)C(=O)O)cc1. The Bertz CT molecular complexity index is 1360. The number of nitrogen functional groups attached to an aromatic ring is 1. The normalized spacial score (nSPS) is 11.4. The fourth-order valence-electron chi connectivity index (χ4n) is 3.44. The molecule has 12 heteroatoms. The molecule has 12 nitrogen and oxygen atoms in total. The number of aromatic amines is 1. The largest absolute Gasteiger partial charge is 0.481 e. The van der Waals surface area contributed by atoms with E-state index in [9.17, 15) is 29.5 Å².